The van der Waals surface area contributed by atoms with Gasteiger partial charge in [-0.25, -0.2) is 0 Å². The number of aryl methyl sites for hydroxylation is 1. The van der Waals surface area contributed by atoms with Gasteiger partial charge in [0.15, 0.2) is 0 Å². The largest absolute Gasteiger partial charge is 0.416 e. The van der Waals surface area contributed by atoms with Crippen LogP contribution in [-0.4, -0.2) is 67.6 Å². The van der Waals surface area contributed by atoms with E-state index in [0.717, 1.165) is 67.1 Å². The van der Waals surface area contributed by atoms with Crippen molar-refractivity contribution in [3.05, 3.63) is 89.0 Å². The minimum Gasteiger partial charge on any atom is -0.369 e. The molecule has 0 aromatic heterocycles. The van der Waals surface area contributed by atoms with Crippen molar-refractivity contribution in [2.45, 2.75) is 31.2 Å². The van der Waals surface area contributed by atoms with Gasteiger partial charge >= 0.3 is 12.4 Å². The van der Waals surface area contributed by atoms with Gasteiger partial charge in [0.1, 0.15) is 0 Å². The highest BCUT2D eigenvalue weighted by Crippen LogP contribution is 2.37. The minimum absolute atomic E-state index is 0.0379. The standard InChI is InChI=1S/C31H30F6N4O/c32-30(33,34)23-4-8-25(9-5-23)38-14-16-39(17-15-38)27-19-40(20-27)29(42)22-3-12-28-21(18-22)2-1-13-41(28)26-10-6-24(7-11-26)31(35,36)37/h3-12,18,27H,1-2,13-17,19-20H2. The fraction of sp³-hybridized carbons (Fsp3) is 0.387. The molecule has 0 radical (unpaired) electrons. The van der Waals surface area contributed by atoms with Crippen LogP contribution in [0.4, 0.5) is 43.4 Å². The first-order valence-electron chi connectivity index (χ1n) is 14.0. The molecule has 2 fully saturated rings. The fourth-order valence-electron chi connectivity index (χ4n) is 6.07. The van der Waals surface area contributed by atoms with Crippen LogP contribution in [0.15, 0.2) is 66.7 Å². The Morgan fingerprint density at radius 2 is 1.26 bits per heavy atom. The number of benzene rings is 3. The first-order valence-corrected chi connectivity index (χ1v) is 14.0. The van der Waals surface area contributed by atoms with E-state index in [4.69, 9.17) is 0 Å². The second kappa shape index (κ2) is 10.8. The van der Waals surface area contributed by atoms with Crippen LogP contribution in [0.25, 0.3) is 0 Å². The topological polar surface area (TPSA) is 30.0 Å². The number of fused-ring (bicyclic) bond motifs is 1. The van der Waals surface area contributed by atoms with Crippen molar-refractivity contribution < 1.29 is 31.1 Å². The van der Waals surface area contributed by atoms with E-state index in [0.29, 0.717) is 44.0 Å². The maximum Gasteiger partial charge on any atom is 0.416 e. The van der Waals surface area contributed by atoms with E-state index in [9.17, 15) is 31.1 Å². The zero-order chi connectivity index (χ0) is 29.6. The van der Waals surface area contributed by atoms with E-state index in [1.54, 1.807) is 6.07 Å². The van der Waals surface area contributed by atoms with E-state index in [1.807, 2.05) is 21.9 Å². The maximum atomic E-state index is 13.3. The van der Waals surface area contributed by atoms with Crippen molar-refractivity contribution in [1.82, 2.24) is 9.80 Å². The van der Waals surface area contributed by atoms with Crippen LogP contribution in [-0.2, 0) is 18.8 Å². The molecule has 3 aliphatic heterocycles. The van der Waals surface area contributed by atoms with Gasteiger partial charge in [-0.05, 0) is 85.1 Å². The van der Waals surface area contributed by atoms with Crippen molar-refractivity contribution in [3.8, 4) is 0 Å². The highest BCUT2D eigenvalue weighted by Gasteiger charge is 2.37. The van der Waals surface area contributed by atoms with E-state index in [-0.39, 0.29) is 11.9 Å². The molecule has 2 saturated heterocycles. The summed E-state index contributed by atoms with van der Waals surface area (Å²) in [4.78, 5) is 21.5. The molecule has 6 rings (SSSR count). The summed E-state index contributed by atoms with van der Waals surface area (Å²) in [5.41, 5.74) is 2.64. The minimum atomic E-state index is -4.38. The molecule has 3 aromatic rings. The molecule has 3 aliphatic rings. The van der Waals surface area contributed by atoms with Gasteiger partial charge < -0.3 is 14.7 Å². The molecule has 0 aliphatic carbocycles. The van der Waals surface area contributed by atoms with Crippen LogP contribution in [0.5, 0.6) is 0 Å². The highest BCUT2D eigenvalue weighted by molar-refractivity contribution is 5.95. The Labute approximate surface area is 239 Å². The first-order chi connectivity index (χ1) is 20.0. The van der Waals surface area contributed by atoms with E-state index >= 15 is 0 Å². The molecule has 0 unspecified atom stereocenters. The van der Waals surface area contributed by atoms with Crippen molar-refractivity contribution in [1.29, 1.82) is 0 Å². The molecule has 1 amide bonds. The van der Waals surface area contributed by atoms with Gasteiger partial charge in [0.05, 0.1) is 11.1 Å². The number of halogens is 6. The predicted molar refractivity (Wildman–Crippen MR) is 148 cm³/mol. The lowest BCUT2D eigenvalue weighted by molar-refractivity contribution is -0.138. The summed E-state index contributed by atoms with van der Waals surface area (Å²) in [6.07, 6.45) is -7.11. The molecule has 0 atom stereocenters. The van der Waals surface area contributed by atoms with Crippen molar-refractivity contribution >= 4 is 23.0 Å². The Balaban J connectivity index is 1.03. The fourth-order valence-corrected chi connectivity index (χ4v) is 6.07. The van der Waals surface area contributed by atoms with Crippen LogP contribution < -0.4 is 9.80 Å². The zero-order valence-electron chi connectivity index (χ0n) is 22.8. The molecule has 5 nitrogen and oxygen atoms in total. The van der Waals surface area contributed by atoms with Crippen LogP contribution in [0.1, 0.15) is 33.5 Å². The monoisotopic (exact) mass is 588 g/mol. The lowest BCUT2D eigenvalue weighted by Crippen LogP contribution is -2.64. The molecule has 3 heterocycles. The van der Waals surface area contributed by atoms with E-state index in [1.165, 1.54) is 24.3 Å². The molecule has 0 N–H and O–H groups in total. The summed E-state index contributed by atoms with van der Waals surface area (Å²) >= 11 is 0. The lowest BCUT2D eigenvalue weighted by Gasteiger charge is -2.48. The summed E-state index contributed by atoms with van der Waals surface area (Å²) in [7, 11) is 0. The average Bonchev–Trinajstić information content (AvgIpc) is 2.95. The number of anilines is 3. The Kier molecular flexibility index (Phi) is 7.32. The molecule has 222 valence electrons. The summed E-state index contributed by atoms with van der Waals surface area (Å²) in [6, 6.07) is 16.3. The van der Waals surface area contributed by atoms with Crippen molar-refractivity contribution in [3.63, 3.8) is 0 Å². The third-order valence-corrected chi connectivity index (χ3v) is 8.49. The smallest absolute Gasteiger partial charge is 0.369 e. The predicted octanol–water partition coefficient (Wildman–Crippen LogP) is 6.46. The third kappa shape index (κ3) is 5.66. The van der Waals surface area contributed by atoms with Gasteiger partial charge in [0.2, 0.25) is 0 Å². The van der Waals surface area contributed by atoms with Crippen LogP contribution in [0, 0.1) is 0 Å². The van der Waals surface area contributed by atoms with Crippen LogP contribution >= 0.6 is 0 Å². The number of carbonyl (C=O) groups excluding carboxylic acids is 1. The Morgan fingerprint density at radius 1 is 0.690 bits per heavy atom. The average molecular weight is 589 g/mol. The van der Waals surface area contributed by atoms with E-state index < -0.39 is 23.5 Å². The van der Waals surface area contributed by atoms with E-state index in [2.05, 4.69) is 9.80 Å². The maximum absolute atomic E-state index is 13.3. The number of hydrogen-bond acceptors (Lipinski definition) is 4. The number of amides is 1. The number of carbonyl (C=O) groups is 1. The Hall–Kier alpha value is -3.73. The summed E-state index contributed by atoms with van der Waals surface area (Å²) in [5.74, 6) is -0.0379. The Bertz CT molecular complexity index is 1420. The summed E-state index contributed by atoms with van der Waals surface area (Å²) < 4.78 is 77.5. The van der Waals surface area contributed by atoms with Crippen LogP contribution in [0.3, 0.4) is 0 Å². The summed E-state index contributed by atoms with van der Waals surface area (Å²) in [5, 5.41) is 0. The molecule has 0 spiro atoms. The first kappa shape index (κ1) is 28.4. The molecular weight excluding hydrogens is 558 g/mol. The zero-order valence-corrected chi connectivity index (χ0v) is 22.8. The van der Waals surface area contributed by atoms with Gasteiger partial charge in [-0.15, -0.1) is 0 Å². The highest BCUT2D eigenvalue weighted by atomic mass is 19.4. The van der Waals surface area contributed by atoms with Gasteiger partial charge in [0.25, 0.3) is 5.91 Å². The molecule has 0 bridgehead atoms. The summed E-state index contributed by atoms with van der Waals surface area (Å²) in [6.45, 7) is 4.87. The number of alkyl halides is 6. The number of likely N-dealkylation sites (tertiary alicyclic amines) is 1. The van der Waals surface area contributed by atoms with Crippen molar-refractivity contribution in [2.75, 3.05) is 55.6 Å². The molecular formula is C31H30F6N4O. The molecule has 0 saturated carbocycles. The Morgan fingerprint density at radius 3 is 1.83 bits per heavy atom. The third-order valence-electron chi connectivity index (χ3n) is 8.49. The van der Waals surface area contributed by atoms with Crippen molar-refractivity contribution in [2.24, 2.45) is 0 Å². The van der Waals surface area contributed by atoms with Gasteiger partial charge in [0, 0.05) is 74.5 Å². The number of nitrogens with zero attached hydrogens (tertiary/aromatic N) is 4. The SMILES string of the molecule is O=C(c1ccc2c(c1)CCCN2c1ccc(C(F)(F)F)cc1)N1CC(N2CCN(c3ccc(C(F)(F)F)cc3)CC2)C1. The molecule has 11 heteroatoms. The number of rotatable bonds is 4. The molecule has 42 heavy (non-hydrogen) atoms. The van der Waals surface area contributed by atoms with Gasteiger partial charge in [-0.3, -0.25) is 9.69 Å². The number of hydrogen-bond donors (Lipinski definition) is 0. The van der Waals surface area contributed by atoms with Gasteiger partial charge in [-0.2, -0.15) is 26.3 Å². The van der Waals surface area contributed by atoms with Crippen LogP contribution in [0.2, 0.25) is 0 Å². The second-order valence-electron chi connectivity index (χ2n) is 11.1. The molecule has 3 aromatic carbocycles. The van der Waals surface area contributed by atoms with Gasteiger partial charge in [-0.1, -0.05) is 0 Å². The quantitative estimate of drug-likeness (QED) is 0.328. The normalized spacial score (nSPS) is 18.6. The lowest BCUT2D eigenvalue weighted by atomic mass is 9.97. The number of piperazine rings is 1. The second-order valence-corrected chi connectivity index (χ2v) is 11.1.